The van der Waals surface area contributed by atoms with Gasteiger partial charge in [0.2, 0.25) is 0 Å². The molecule has 0 saturated carbocycles. The Morgan fingerprint density at radius 1 is 1.33 bits per heavy atom. The standard InChI is InChI=1S/C14H14ClNOS/c1-16-14(12-4-5-13(15)18-12)10-2-3-11-9(8-10)6-7-17-11/h2-5,8,14,16H,6-7H2,1H3. The molecule has 1 unspecified atom stereocenters. The Hall–Kier alpha value is -1.03. The number of halogens is 1. The van der Waals surface area contributed by atoms with Gasteiger partial charge in [-0.1, -0.05) is 23.7 Å². The second-order valence-electron chi connectivity index (χ2n) is 4.33. The maximum Gasteiger partial charge on any atom is 0.122 e. The molecule has 0 radical (unpaired) electrons. The smallest absolute Gasteiger partial charge is 0.122 e. The number of ether oxygens (including phenoxy) is 1. The van der Waals surface area contributed by atoms with E-state index in [2.05, 4.69) is 29.6 Å². The van der Waals surface area contributed by atoms with Crippen LogP contribution in [0.15, 0.2) is 30.3 Å². The molecule has 1 aromatic heterocycles. The Labute approximate surface area is 116 Å². The maximum absolute atomic E-state index is 6.01. The average Bonchev–Trinajstić information content (AvgIpc) is 2.99. The third-order valence-electron chi connectivity index (χ3n) is 3.21. The SMILES string of the molecule is CNC(c1ccc2c(c1)CCO2)c1ccc(Cl)s1. The normalized spacial score (nSPS) is 15.2. The van der Waals surface area contributed by atoms with Crippen LogP contribution in [0.5, 0.6) is 5.75 Å². The van der Waals surface area contributed by atoms with Crippen LogP contribution in [0.2, 0.25) is 4.34 Å². The van der Waals surface area contributed by atoms with Gasteiger partial charge in [0.25, 0.3) is 0 Å². The number of hydrogen-bond donors (Lipinski definition) is 1. The zero-order valence-electron chi connectivity index (χ0n) is 10.1. The monoisotopic (exact) mass is 279 g/mol. The summed E-state index contributed by atoms with van der Waals surface area (Å²) in [4.78, 5) is 1.24. The number of thiophene rings is 1. The molecule has 0 saturated heterocycles. The van der Waals surface area contributed by atoms with Crippen LogP contribution in [0.25, 0.3) is 0 Å². The molecule has 3 rings (SSSR count). The third-order valence-corrected chi connectivity index (χ3v) is 4.51. The molecule has 1 atom stereocenters. The molecular formula is C14H14ClNOS. The minimum atomic E-state index is 0.202. The molecule has 0 fully saturated rings. The molecule has 18 heavy (non-hydrogen) atoms. The highest BCUT2D eigenvalue weighted by molar-refractivity contribution is 7.16. The Morgan fingerprint density at radius 2 is 2.22 bits per heavy atom. The van der Waals surface area contributed by atoms with Gasteiger partial charge in [0.1, 0.15) is 5.75 Å². The van der Waals surface area contributed by atoms with E-state index in [-0.39, 0.29) is 6.04 Å². The van der Waals surface area contributed by atoms with Gasteiger partial charge in [-0.3, -0.25) is 0 Å². The quantitative estimate of drug-likeness (QED) is 0.926. The van der Waals surface area contributed by atoms with E-state index >= 15 is 0 Å². The molecule has 2 nitrogen and oxygen atoms in total. The molecule has 94 valence electrons. The van der Waals surface area contributed by atoms with Crippen molar-refractivity contribution in [3.8, 4) is 5.75 Å². The van der Waals surface area contributed by atoms with Gasteiger partial charge < -0.3 is 10.1 Å². The number of hydrogen-bond acceptors (Lipinski definition) is 3. The van der Waals surface area contributed by atoms with Crippen LogP contribution in [0.1, 0.15) is 22.0 Å². The molecule has 2 aromatic rings. The second-order valence-corrected chi connectivity index (χ2v) is 6.08. The lowest BCUT2D eigenvalue weighted by molar-refractivity contribution is 0.357. The minimum Gasteiger partial charge on any atom is -0.493 e. The van der Waals surface area contributed by atoms with E-state index in [0.29, 0.717) is 0 Å². The predicted molar refractivity (Wildman–Crippen MR) is 75.9 cm³/mol. The van der Waals surface area contributed by atoms with Crippen LogP contribution < -0.4 is 10.1 Å². The summed E-state index contributed by atoms with van der Waals surface area (Å²) in [5.74, 6) is 1.03. The Morgan fingerprint density at radius 3 is 2.94 bits per heavy atom. The van der Waals surface area contributed by atoms with Crippen molar-refractivity contribution in [2.45, 2.75) is 12.5 Å². The van der Waals surface area contributed by atoms with Gasteiger partial charge in [-0.2, -0.15) is 0 Å². The van der Waals surface area contributed by atoms with Crippen molar-refractivity contribution in [2.24, 2.45) is 0 Å². The molecule has 0 bridgehead atoms. The molecule has 1 N–H and O–H groups in total. The van der Waals surface area contributed by atoms with E-state index < -0.39 is 0 Å². The van der Waals surface area contributed by atoms with Gasteiger partial charge in [-0.15, -0.1) is 11.3 Å². The summed E-state index contributed by atoms with van der Waals surface area (Å²) in [7, 11) is 1.97. The summed E-state index contributed by atoms with van der Waals surface area (Å²) >= 11 is 7.63. The van der Waals surface area contributed by atoms with Gasteiger partial charge in [0, 0.05) is 11.3 Å². The van der Waals surface area contributed by atoms with Crippen LogP contribution in [0, 0.1) is 0 Å². The number of fused-ring (bicyclic) bond motifs is 1. The minimum absolute atomic E-state index is 0.202. The highest BCUT2D eigenvalue weighted by Gasteiger charge is 2.18. The fourth-order valence-electron chi connectivity index (χ4n) is 2.34. The second kappa shape index (κ2) is 4.92. The molecule has 4 heteroatoms. The molecule has 0 aliphatic carbocycles. The van der Waals surface area contributed by atoms with E-state index in [0.717, 1.165) is 23.1 Å². The summed E-state index contributed by atoms with van der Waals surface area (Å²) in [6.45, 7) is 0.799. The molecule has 0 spiro atoms. The van der Waals surface area contributed by atoms with Crippen LogP contribution in [-0.4, -0.2) is 13.7 Å². The molecule has 0 amide bonds. The summed E-state index contributed by atoms with van der Waals surface area (Å²) < 4.78 is 6.37. The van der Waals surface area contributed by atoms with E-state index in [4.69, 9.17) is 16.3 Å². The van der Waals surface area contributed by atoms with E-state index in [9.17, 15) is 0 Å². The predicted octanol–water partition coefficient (Wildman–Crippen LogP) is 3.65. The van der Waals surface area contributed by atoms with Crippen molar-refractivity contribution < 1.29 is 4.74 Å². The third kappa shape index (κ3) is 2.14. The van der Waals surface area contributed by atoms with Crippen molar-refractivity contribution in [2.75, 3.05) is 13.7 Å². The van der Waals surface area contributed by atoms with E-state index in [1.54, 1.807) is 11.3 Å². The largest absolute Gasteiger partial charge is 0.493 e. The van der Waals surface area contributed by atoms with Gasteiger partial charge >= 0.3 is 0 Å². The molecule has 1 aromatic carbocycles. The van der Waals surface area contributed by atoms with Gasteiger partial charge in [-0.25, -0.2) is 0 Å². The van der Waals surface area contributed by atoms with Gasteiger partial charge in [0.05, 0.1) is 17.0 Å². The zero-order valence-corrected chi connectivity index (χ0v) is 11.6. The molecular weight excluding hydrogens is 266 g/mol. The molecule has 1 aliphatic rings. The molecule has 2 heterocycles. The van der Waals surface area contributed by atoms with E-state index in [1.807, 2.05) is 13.1 Å². The van der Waals surface area contributed by atoms with Crippen LogP contribution in [0.4, 0.5) is 0 Å². The first-order chi connectivity index (χ1) is 8.78. The average molecular weight is 280 g/mol. The van der Waals surface area contributed by atoms with Crippen LogP contribution in [-0.2, 0) is 6.42 Å². The fourth-order valence-corrected chi connectivity index (χ4v) is 3.54. The lowest BCUT2D eigenvalue weighted by Crippen LogP contribution is -2.16. The lowest BCUT2D eigenvalue weighted by atomic mass is 10.0. The molecule has 1 aliphatic heterocycles. The maximum atomic E-state index is 6.01. The topological polar surface area (TPSA) is 21.3 Å². The lowest BCUT2D eigenvalue weighted by Gasteiger charge is -2.15. The summed E-state index contributed by atoms with van der Waals surface area (Å²) in [5.41, 5.74) is 2.57. The van der Waals surface area contributed by atoms with Crippen molar-refractivity contribution >= 4 is 22.9 Å². The van der Waals surface area contributed by atoms with Crippen LogP contribution >= 0.6 is 22.9 Å². The van der Waals surface area contributed by atoms with Crippen molar-refractivity contribution in [1.29, 1.82) is 0 Å². The highest BCUT2D eigenvalue weighted by Crippen LogP contribution is 2.34. The Kier molecular flexibility index (Phi) is 3.29. The summed E-state index contributed by atoms with van der Waals surface area (Å²) in [6, 6.07) is 10.7. The number of nitrogens with one attached hydrogen (secondary N) is 1. The van der Waals surface area contributed by atoms with Gasteiger partial charge in [0.15, 0.2) is 0 Å². The zero-order chi connectivity index (χ0) is 12.5. The Balaban J connectivity index is 1.96. The van der Waals surface area contributed by atoms with Gasteiger partial charge in [-0.05, 0) is 36.4 Å². The highest BCUT2D eigenvalue weighted by atomic mass is 35.5. The first-order valence-corrected chi connectivity index (χ1v) is 7.15. The van der Waals surface area contributed by atoms with Crippen molar-refractivity contribution in [3.63, 3.8) is 0 Å². The fraction of sp³-hybridized carbons (Fsp3) is 0.286. The van der Waals surface area contributed by atoms with Crippen molar-refractivity contribution in [3.05, 3.63) is 50.7 Å². The first kappa shape index (κ1) is 12.0. The van der Waals surface area contributed by atoms with Crippen LogP contribution in [0.3, 0.4) is 0 Å². The van der Waals surface area contributed by atoms with Crippen molar-refractivity contribution in [1.82, 2.24) is 5.32 Å². The number of benzene rings is 1. The van der Waals surface area contributed by atoms with E-state index in [1.165, 1.54) is 16.0 Å². The summed E-state index contributed by atoms with van der Waals surface area (Å²) in [6.07, 6.45) is 1.00. The summed E-state index contributed by atoms with van der Waals surface area (Å²) in [5, 5.41) is 3.35. The number of rotatable bonds is 3. The Bertz CT molecular complexity index is 567. The first-order valence-electron chi connectivity index (χ1n) is 5.96.